The van der Waals surface area contributed by atoms with E-state index in [2.05, 4.69) is 61.7 Å². The van der Waals surface area contributed by atoms with Crippen LogP contribution in [0.1, 0.15) is 245 Å². The Labute approximate surface area is 371 Å². The first kappa shape index (κ1) is 57.6. The number of carbonyl (C=O) groups excluding carboxylic acids is 2. The highest BCUT2D eigenvalue weighted by molar-refractivity contribution is 5.76. The van der Waals surface area contributed by atoms with E-state index < -0.39 is 12.1 Å². The summed E-state index contributed by atoms with van der Waals surface area (Å²) in [5.74, 6) is -0.179. The van der Waals surface area contributed by atoms with Crippen molar-refractivity contribution in [2.24, 2.45) is 0 Å². The molecule has 0 saturated heterocycles. The third kappa shape index (κ3) is 45.1. The lowest BCUT2D eigenvalue weighted by molar-refractivity contribution is -0.143. The van der Waals surface area contributed by atoms with Crippen LogP contribution in [0.25, 0.3) is 0 Å². The van der Waals surface area contributed by atoms with E-state index in [9.17, 15) is 19.8 Å². The van der Waals surface area contributed by atoms with Crippen LogP contribution in [0.4, 0.5) is 0 Å². The molecule has 0 aliphatic heterocycles. The molecule has 0 aromatic rings. The van der Waals surface area contributed by atoms with Crippen molar-refractivity contribution in [2.75, 3.05) is 13.2 Å². The summed E-state index contributed by atoms with van der Waals surface area (Å²) in [5, 5.41) is 22.9. The van der Waals surface area contributed by atoms with E-state index >= 15 is 0 Å². The molecular formula is C54H97NO5. The Morgan fingerprint density at radius 3 is 1.32 bits per heavy atom. The van der Waals surface area contributed by atoms with Crippen LogP contribution >= 0.6 is 0 Å². The molecule has 0 radical (unpaired) electrons. The highest BCUT2D eigenvalue weighted by Crippen LogP contribution is 2.14. The summed E-state index contributed by atoms with van der Waals surface area (Å²) in [7, 11) is 0. The van der Waals surface area contributed by atoms with Gasteiger partial charge in [0.15, 0.2) is 0 Å². The molecule has 0 spiro atoms. The van der Waals surface area contributed by atoms with Gasteiger partial charge >= 0.3 is 5.97 Å². The van der Waals surface area contributed by atoms with Crippen LogP contribution in [0.2, 0.25) is 0 Å². The fourth-order valence-corrected chi connectivity index (χ4v) is 7.30. The molecule has 3 N–H and O–H groups in total. The normalized spacial score (nSPS) is 13.2. The highest BCUT2D eigenvalue weighted by Gasteiger charge is 2.17. The summed E-state index contributed by atoms with van der Waals surface area (Å²) < 4.78 is 5.45. The fourth-order valence-electron chi connectivity index (χ4n) is 7.30. The maximum Gasteiger partial charge on any atom is 0.305 e. The minimum Gasteiger partial charge on any atom is -0.466 e. The Balaban J connectivity index is 3.58. The topological polar surface area (TPSA) is 95.9 Å². The van der Waals surface area contributed by atoms with E-state index in [1.807, 2.05) is 12.2 Å². The summed E-state index contributed by atoms with van der Waals surface area (Å²) in [4.78, 5) is 24.4. The summed E-state index contributed by atoms with van der Waals surface area (Å²) in [6.07, 6.45) is 62.3. The summed E-state index contributed by atoms with van der Waals surface area (Å²) in [6, 6.07) is -0.672. The SMILES string of the molecule is CCCCCC/C=C\C/C=C\CCCCCCCCCC(=O)OCCCCCCCC/C=C\C/C=C\CCC(=O)NC(CO)C(O)/C=C/CCCCCCCCCCCC. The molecule has 6 nitrogen and oxygen atoms in total. The molecule has 0 aliphatic rings. The standard InChI is InChI=1S/C54H97NO5/c1-3-5-7-9-11-13-15-17-18-19-20-21-24-28-32-36-40-44-48-54(59)60-49-45-41-37-33-29-25-22-23-27-31-35-39-43-47-53(58)55-51(50-56)52(57)46-42-38-34-30-26-16-14-12-10-8-6-4-2/h13,15,18-19,23,27,35,39,42,46,51-52,56-57H,3-12,14,16-17,20-22,24-26,28-34,36-38,40-41,43-45,47-50H2,1-2H3,(H,55,58)/b15-13-,19-18-,27-23-,39-35-,46-42+. The number of ether oxygens (including phenoxy) is 1. The largest absolute Gasteiger partial charge is 0.466 e. The van der Waals surface area contributed by atoms with Crippen molar-refractivity contribution in [3.05, 3.63) is 60.8 Å². The van der Waals surface area contributed by atoms with Crippen molar-refractivity contribution in [1.29, 1.82) is 0 Å². The second-order valence-electron chi connectivity index (χ2n) is 17.1. The van der Waals surface area contributed by atoms with Gasteiger partial charge in [0.05, 0.1) is 25.4 Å². The van der Waals surface area contributed by atoms with Crippen molar-refractivity contribution in [3.63, 3.8) is 0 Å². The van der Waals surface area contributed by atoms with Crippen molar-refractivity contribution < 1.29 is 24.5 Å². The number of hydrogen-bond donors (Lipinski definition) is 3. The molecular weight excluding hydrogens is 743 g/mol. The van der Waals surface area contributed by atoms with Crippen LogP contribution in [0.3, 0.4) is 0 Å². The predicted molar refractivity (Wildman–Crippen MR) is 259 cm³/mol. The fraction of sp³-hybridized carbons (Fsp3) is 0.778. The first-order chi connectivity index (χ1) is 29.5. The number of esters is 1. The molecule has 60 heavy (non-hydrogen) atoms. The lowest BCUT2D eigenvalue weighted by Crippen LogP contribution is -2.45. The van der Waals surface area contributed by atoms with E-state index in [0.29, 0.717) is 25.9 Å². The Hall–Kier alpha value is -2.44. The molecule has 2 atom stereocenters. The Kier molecular flexibility index (Phi) is 47.2. The molecule has 6 heteroatoms. The van der Waals surface area contributed by atoms with Gasteiger partial charge in [0.25, 0.3) is 0 Å². The van der Waals surface area contributed by atoms with Crippen molar-refractivity contribution >= 4 is 11.9 Å². The van der Waals surface area contributed by atoms with Gasteiger partial charge in [-0.2, -0.15) is 0 Å². The van der Waals surface area contributed by atoms with Crippen molar-refractivity contribution in [3.8, 4) is 0 Å². The average molecular weight is 840 g/mol. The van der Waals surface area contributed by atoms with Crippen LogP contribution in [-0.2, 0) is 14.3 Å². The number of rotatable bonds is 46. The van der Waals surface area contributed by atoms with Crippen molar-refractivity contribution in [2.45, 2.75) is 257 Å². The number of nitrogens with one attached hydrogen (secondary N) is 1. The summed E-state index contributed by atoms with van der Waals surface area (Å²) in [5.41, 5.74) is 0. The monoisotopic (exact) mass is 840 g/mol. The van der Waals surface area contributed by atoms with Crippen LogP contribution in [0, 0.1) is 0 Å². The first-order valence-corrected chi connectivity index (χ1v) is 25.6. The Morgan fingerprint density at radius 1 is 0.467 bits per heavy atom. The second-order valence-corrected chi connectivity index (χ2v) is 17.1. The van der Waals surface area contributed by atoms with Gasteiger partial charge in [-0.25, -0.2) is 0 Å². The number of aliphatic hydroxyl groups excluding tert-OH is 2. The smallest absolute Gasteiger partial charge is 0.305 e. The summed E-state index contributed by atoms with van der Waals surface area (Å²) in [6.45, 7) is 4.79. The van der Waals surface area contributed by atoms with E-state index in [-0.39, 0.29) is 18.5 Å². The number of allylic oxidation sites excluding steroid dienone is 9. The molecule has 0 saturated carbocycles. The minimum absolute atomic E-state index is 0.0272. The van der Waals surface area contributed by atoms with Gasteiger partial charge in [0.1, 0.15) is 0 Å². The van der Waals surface area contributed by atoms with Gasteiger partial charge in [-0.3, -0.25) is 9.59 Å². The zero-order chi connectivity index (χ0) is 43.7. The van der Waals surface area contributed by atoms with Gasteiger partial charge in [-0.05, 0) is 83.5 Å². The van der Waals surface area contributed by atoms with E-state index in [1.165, 1.54) is 154 Å². The molecule has 0 fully saturated rings. The third-order valence-electron chi connectivity index (χ3n) is 11.3. The van der Waals surface area contributed by atoms with E-state index in [1.54, 1.807) is 6.08 Å². The van der Waals surface area contributed by atoms with Crippen LogP contribution in [-0.4, -0.2) is 47.4 Å². The Morgan fingerprint density at radius 2 is 0.850 bits per heavy atom. The van der Waals surface area contributed by atoms with Gasteiger partial charge in [-0.15, -0.1) is 0 Å². The van der Waals surface area contributed by atoms with Gasteiger partial charge in [0, 0.05) is 12.8 Å². The average Bonchev–Trinajstić information content (AvgIpc) is 3.25. The molecule has 2 unspecified atom stereocenters. The molecule has 0 aromatic carbocycles. The minimum atomic E-state index is -0.879. The molecule has 348 valence electrons. The zero-order valence-electron chi connectivity index (χ0n) is 39.4. The van der Waals surface area contributed by atoms with E-state index in [4.69, 9.17) is 4.74 Å². The number of hydrogen-bond acceptors (Lipinski definition) is 5. The van der Waals surface area contributed by atoms with Crippen LogP contribution in [0.5, 0.6) is 0 Å². The number of carbonyl (C=O) groups is 2. The van der Waals surface area contributed by atoms with Crippen LogP contribution < -0.4 is 5.32 Å². The Bertz CT molecular complexity index is 1060. The van der Waals surface area contributed by atoms with Gasteiger partial charge in [0.2, 0.25) is 5.91 Å². The quantitative estimate of drug-likeness (QED) is 0.0322. The first-order valence-electron chi connectivity index (χ1n) is 25.6. The molecule has 1 amide bonds. The number of amides is 1. The lowest BCUT2D eigenvalue weighted by atomic mass is 10.1. The second kappa shape index (κ2) is 49.2. The highest BCUT2D eigenvalue weighted by atomic mass is 16.5. The lowest BCUT2D eigenvalue weighted by Gasteiger charge is -2.19. The molecule has 0 bridgehead atoms. The van der Waals surface area contributed by atoms with Crippen LogP contribution in [0.15, 0.2) is 60.8 Å². The third-order valence-corrected chi connectivity index (χ3v) is 11.3. The maximum atomic E-state index is 12.4. The molecule has 0 heterocycles. The van der Waals surface area contributed by atoms with E-state index in [0.717, 1.165) is 57.8 Å². The number of aliphatic hydroxyl groups is 2. The predicted octanol–water partition coefficient (Wildman–Crippen LogP) is 15.2. The van der Waals surface area contributed by atoms with Crippen molar-refractivity contribution in [1.82, 2.24) is 5.32 Å². The molecule has 0 aliphatic carbocycles. The van der Waals surface area contributed by atoms with Gasteiger partial charge < -0.3 is 20.3 Å². The van der Waals surface area contributed by atoms with Gasteiger partial charge in [-0.1, -0.05) is 209 Å². The molecule has 0 aromatic heterocycles. The zero-order valence-corrected chi connectivity index (χ0v) is 39.4. The molecule has 0 rings (SSSR count). The summed E-state index contributed by atoms with van der Waals surface area (Å²) >= 11 is 0. The number of unbranched alkanes of at least 4 members (excludes halogenated alkanes) is 27. The maximum absolute atomic E-state index is 12.4.